The van der Waals surface area contributed by atoms with Crippen molar-refractivity contribution in [1.82, 2.24) is 5.43 Å². The largest absolute Gasteiger partial charge is 0.422 e. The lowest BCUT2D eigenvalue weighted by molar-refractivity contribution is -0.125. The first-order chi connectivity index (χ1) is 14.6. The number of rotatable bonds is 5. The SMILES string of the molecule is O=C(Oc1ccccc1/C=N/NC(=O)C1CCCCC1)c1sc2ccccc2c1Cl. The molecule has 0 bridgehead atoms. The molecule has 5 nitrogen and oxygen atoms in total. The first-order valence-corrected chi connectivity index (χ1v) is 11.1. The summed E-state index contributed by atoms with van der Waals surface area (Å²) >= 11 is 7.68. The third-order valence-corrected chi connectivity index (χ3v) is 6.85. The number of nitrogens with one attached hydrogen (secondary N) is 1. The number of hydrogen-bond donors (Lipinski definition) is 1. The Bertz CT molecular complexity index is 1100. The van der Waals surface area contributed by atoms with Crippen molar-refractivity contribution in [2.24, 2.45) is 11.0 Å². The molecule has 0 radical (unpaired) electrons. The van der Waals surface area contributed by atoms with Crippen LogP contribution in [0.3, 0.4) is 0 Å². The zero-order valence-corrected chi connectivity index (χ0v) is 17.8. The van der Waals surface area contributed by atoms with E-state index in [-0.39, 0.29) is 11.8 Å². The summed E-state index contributed by atoms with van der Waals surface area (Å²) in [4.78, 5) is 25.3. The van der Waals surface area contributed by atoms with Gasteiger partial charge in [-0.25, -0.2) is 10.2 Å². The van der Waals surface area contributed by atoms with Gasteiger partial charge in [0.25, 0.3) is 0 Å². The molecule has 1 fully saturated rings. The van der Waals surface area contributed by atoms with Crippen LogP contribution in [0, 0.1) is 5.92 Å². The van der Waals surface area contributed by atoms with Crippen molar-refractivity contribution >= 4 is 51.1 Å². The maximum atomic E-state index is 12.7. The number of fused-ring (bicyclic) bond motifs is 1. The van der Waals surface area contributed by atoms with E-state index < -0.39 is 5.97 Å². The zero-order valence-electron chi connectivity index (χ0n) is 16.3. The van der Waals surface area contributed by atoms with Crippen molar-refractivity contribution in [2.45, 2.75) is 32.1 Å². The Morgan fingerprint density at radius 3 is 2.60 bits per heavy atom. The minimum Gasteiger partial charge on any atom is -0.422 e. The van der Waals surface area contributed by atoms with Crippen LogP contribution in [0.4, 0.5) is 0 Å². The summed E-state index contributed by atoms with van der Waals surface area (Å²) in [7, 11) is 0. The van der Waals surface area contributed by atoms with Crippen LogP contribution in [0.2, 0.25) is 5.02 Å². The topological polar surface area (TPSA) is 67.8 Å². The Hall–Kier alpha value is -2.70. The van der Waals surface area contributed by atoms with E-state index in [9.17, 15) is 9.59 Å². The molecule has 7 heteroatoms. The van der Waals surface area contributed by atoms with Gasteiger partial charge in [0.05, 0.1) is 11.2 Å². The summed E-state index contributed by atoms with van der Waals surface area (Å²) in [5.41, 5.74) is 3.20. The maximum Gasteiger partial charge on any atom is 0.355 e. The quantitative estimate of drug-likeness (QED) is 0.236. The van der Waals surface area contributed by atoms with Crippen molar-refractivity contribution in [3.8, 4) is 5.75 Å². The summed E-state index contributed by atoms with van der Waals surface area (Å²) in [6.07, 6.45) is 6.67. The van der Waals surface area contributed by atoms with Crippen molar-refractivity contribution in [1.29, 1.82) is 0 Å². The van der Waals surface area contributed by atoms with Gasteiger partial charge in [-0.3, -0.25) is 4.79 Å². The summed E-state index contributed by atoms with van der Waals surface area (Å²) in [6.45, 7) is 0. The van der Waals surface area contributed by atoms with Gasteiger partial charge in [0.15, 0.2) is 0 Å². The molecule has 0 aliphatic heterocycles. The molecule has 4 rings (SSSR count). The average Bonchev–Trinajstić information content (AvgIpc) is 3.12. The fourth-order valence-corrected chi connectivity index (χ4v) is 4.98. The fraction of sp³-hybridized carbons (Fsp3) is 0.261. The fourth-order valence-electron chi connectivity index (χ4n) is 3.59. The predicted molar refractivity (Wildman–Crippen MR) is 121 cm³/mol. The number of esters is 1. The molecular weight excluding hydrogens is 420 g/mol. The number of hydrogen-bond acceptors (Lipinski definition) is 5. The van der Waals surface area contributed by atoms with Crippen LogP contribution in [0.15, 0.2) is 53.6 Å². The minimum absolute atomic E-state index is 0.0269. The Kier molecular flexibility index (Phi) is 6.45. The number of hydrazone groups is 1. The second-order valence-electron chi connectivity index (χ2n) is 7.24. The molecule has 3 aromatic rings. The van der Waals surface area contributed by atoms with Gasteiger partial charge in [0, 0.05) is 21.6 Å². The number of thiophene rings is 1. The van der Waals surface area contributed by atoms with Gasteiger partial charge in [-0.05, 0) is 31.0 Å². The highest BCUT2D eigenvalue weighted by atomic mass is 35.5. The molecule has 1 N–H and O–H groups in total. The number of carbonyl (C=O) groups excluding carboxylic acids is 2. The van der Waals surface area contributed by atoms with Crippen LogP contribution in [-0.4, -0.2) is 18.1 Å². The number of carbonyl (C=O) groups is 2. The number of ether oxygens (including phenoxy) is 1. The van der Waals surface area contributed by atoms with E-state index in [2.05, 4.69) is 10.5 Å². The third kappa shape index (κ3) is 4.55. The van der Waals surface area contributed by atoms with Crippen LogP contribution < -0.4 is 10.2 Å². The highest BCUT2D eigenvalue weighted by molar-refractivity contribution is 7.21. The molecular formula is C23H21ClN2O3S. The van der Waals surface area contributed by atoms with Gasteiger partial charge < -0.3 is 4.74 Å². The van der Waals surface area contributed by atoms with Crippen LogP contribution in [-0.2, 0) is 4.79 Å². The molecule has 30 heavy (non-hydrogen) atoms. The van der Waals surface area contributed by atoms with Gasteiger partial charge in [-0.1, -0.05) is 61.2 Å². The average molecular weight is 441 g/mol. The van der Waals surface area contributed by atoms with Gasteiger partial charge in [-0.15, -0.1) is 11.3 Å². The van der Waals surface area contributed by atoms with Crippen LogP contribution in [0.25, 0.3) is 10.1 Å². The Morgan fingerprint density at radius 1 is 1.07 bits per heavy atom. The molecule has 1 aliphatic rings. The summed E-state index contributed by atoms with van der Waals surface area (Å²) < 4.78 is 6.52. The van der Waals surface area contributed by atoms with E-state index in [4.69, 9.17) is 16.3 Å². The van der Waals surface area contributed by atoms with E-state index in [0.29, 0.717) is 21.2 Å². The normalized spacial score (nSPS) is 14.8. The van der Waals surface area contributed by atoms with Crippen LogP contribution in [0.1, 0.15) is 47.3 Å². The molecule has 1 amide bonds. The van der Waals surface area contributed by atoms with E-state index >= 15 is 0 Å². The lowest BCUT2D eigenvalue weighted by Gasteiger charge is -2.19. The smallest absolute Gasteiger partial charge is 0.355 e. The zero-order chi connectivity index (χ0) is 20.9. The number of halogens is 1. The van der Waals surface area contributed by atoms with E-state index in [0.717, 1.165) is 35.8 Å². The monoisotopic (exact) mass is 440 g/mol. The standard InChI is InChI=1S/C23H21ClN2O3S/c24-20-17-11-5-7-13-19(17)30-21(20)23(28)29-18-12-6-4-10-16(18)14-25-26-22(27)15-8-2-1-3-9-15/h4-7,10-15H,1-3,8-9H2,(H,26,27)/b25-14+. The molecule has 1 saturated carbocycles. The van der Waals surface area contributed by atoms with Crippen molar-refractivity contribution in [3.05, 3.63) is 64.0 Å². The number of nitrogens with zero attached hydrogens (tertiary/aromatic N) is 1. The van der Waals surface area contributed by atoms with E-state index in [1.54, 1.807) is 18.2 Å². The number of benzene rings is 2. The van der Waals surface area contributed by atoms with E-state index in [1.807, 2.05) is 30.3 Å². The van der Waals surface area contributed by atoms with Gasteiger partial charge in [0.1, 0.15) is 10.6 Å². The molecule has 2 aromatic carbocycles. The Morgan fingerprint density at radius 2 is 1.80 bits per heavy atom. The summed E-state index contributed by atoms with van der Waals surface area (Å²) in [5.74, 6) is -0.198. The lowest BCUT2D eigenvalue weighted by atomic mass is 9.89. The minimum atomic E-state index is -0.520. The van der Waals surface area contributed by atoms with Gasteiger partial charge >= 0.3 is 5.97 Å². The Labute approximate surface area is 183 Å². The molecule has 1 heterocycles. The second kappa shape index (κ2) is 9.41. The highest BCUT2D eigenvalue weighted by Gasteiger charge is 2.21. The highest BCUT2D eigenvalue weighted by Crippen LogP contribution is 2.36. The second-order valence-corrected chi connectivity index (χ2v) is 8.67. The predicted octanol–water partition coefficient (Wildman–Crippen LogP) is 5.80. The molecule has 0 atom stereocenters. The van der Waals surface area contributed by atoms with E-state index in [1.165, 1.54) is 24.0 Å². The molecule has 0 spiro atoms. The molecule has 1 aliphatic carbocycles. The molecule has 0 unspecified atom stereocenters. The Balaban J connectivity index is 1.46. The van der Waals surface area contributed by atoms with Gasteiger partial charge in [-0.2, -0.15) is 5.10 Å². The van der Waals surface area contributed by atoms with Crippen LogP contribution in [0.5, 0.6) is 5.75 Å². The van der Waals surface area contributed by atoms with Crippen molar-refractivity contribution in [3.63, 3.8) is 0 Å². The summed E-state index contributed by atoms with van der Waals surface area (Å²) in [6, 6.07) is 14.6. The number of para-hydroxylation sites is 1. The third-order valence-electron chi connectivity index (χ3n) is 5.20. The van der Waals surface area contributed by atoms with Gasteiger partial charge in [0.2, 0.25) is 5.91 Å². The molecule has 1 aromatic heterocycles. The molecule has 0 saturated heterocycles. The van der Waals surface area contributed by atoms with Crippen LogP contribution >= 0.6 is 22.9 Å². The maximum absolute atomic E-state index is 12.7. The van der Waals surface area contributed by atoms with Crippen molar-refractivity contribution < 1.29 is 14.3 Å². The first-order valence-electron chi connectivity index (χ1n) is 9.94. The summed E-state index contributed by atoms with van der Waals surface area (Å²) in [5, 5.41) is 5.30. The lowest BCUT2D eigenvalue weighted by Crippen LogP contribution is -2.28. The first kappa shape index (κ1) is 20.6. The number of amides is 1. The molecule has 154 valence electrons. The van der Waals surface area contributed by atoms with Crippen molar-refractivity contribution in [2.75, 3.05) is 0 Å².